The molecule has 4 nitrogen and oxygen atoms in total. The van der Waals surface area contributed by atoms with E-state index in [2.05, 4.69) is 59.1 Å². The van der Waals surface area contributed by atoms with Gasteiger partial charge < -0.3 is 14.8 Å². The molecule has 0 aliphatic heterocycles. The maximum atomic E-state index is 4.42. The first-order chi connectivity index (χ1) is 10.1. The predicted octanol–water partition coefficient (Wildman–Crippen LogP) is 3.48. The van der Waals surface area contributed by atoms with Gasteiger partial charge in [0.15, 0.2) is 5.96 Å². The van der Waals surface area contributed by atoms with Gasteiger partial charge in [-0.2, -0.15) is 0 Å². The van der Waals surface area contributed by atoms with Gasteiger partial charge in [-0.15, -0.1) is 24.0 Å². The van der Waals surface area contributed by atoms with Crippen LogP contribution in [0.1, 0.15) is 38.3 Å². The van der Waals surface area contributed by atoms with Crippen LogP contribution in [0.5, 0.6) is 0 Å². The molecule has 1 heterocycles. The zero-order valence-corrected chi connectivity index (χ0v) is 16.7. The van der Waals surface area contributed by atoms with Crippen LogP contribution in [-0.2, 0) is 13.6 Å². The molecule has 22 heavy (non-hydrogen) atoms. The maximum absolute atomic E-state index is 4.42. The van der Waals surface area contributed by atoms with Crippen LogP contribution in [0.15, 0.2) is 23.3 Å². The molecule has 1 saturated carbocycles. The first-order valence-electron chi connectivity index (χ1n) is 8.12. The Morgan fingerprint density at radius 1 is 1.36 bits per heavy atom. The van der Waals surface area contributed by atoms with Crippen molar-refractivity contribution >= 4 is 29.9 Å². The first kappa shape index (κ1) is 19.3. The summed E-state index contributed by atoms with van der Waals surface area (Å²) in [6.07, 6.45) is 7.55. The van der Waals surface area contributed by atoms with Gasteiger partial charge in [0, 0.05) is 39.6 Å². The first-order valence-corrected chi connectivity index (χ1v) is 8.12. The van der Waals surface area contributed by atoms with E-state index in [1.165, 1.54) is 31.4 Å². The topological polar surface area (TPSA) is 32.6 Å². The minimum absolute atomic E-state index is 0. The highest BCUT2D eigenvalue weighted by atomic mass is 127. The van der Waals surface area contributed by atoms with E-state index >= 15 is 0 Å². The summed E-state index contributed by atoms with van der Waals surface area (Å²) in [5.74, 6) is 2.72. The minimum Gasteiger partial charge on any atom is -0.356 e. The molecule has 0 amide bonds. The van der Waals surface area contributed by atoms with Crippen LogP contribution in [0.25, 0.3) is 0 Å². The number of halogens is 1. The monoisotopic (exact) mass is 418 g/mol. The molecule has 2 rings (SSSR count). The van der Waals surface area contributed by atoms with Crippen LogP contribution in [0.3, 0.4) is 0 Å². The van der Waals surface area contributed by atoms with Gasteiger partial charge in [0.1, 0.15) is 0 Å². The highest BCUT2D eigenvalue weighted by Gasteiger charge is 2.19. The van der Waals surface area contributed by atoms with Crippen LogP contribution in [0.4, 0.5) is 0 Å². The van der Waals surface area contributed by atoms with Crippen molar-refractivity contribution in [1.29, 1.82) is 0 Å². The lowest BCUT2D eigenvalue weighted by molar-refractivity contribution is 0.287. The lowest BCUT2D eigenvalue weighted by Crippen LogP contribution is -2.41. The molecule has 1 aliphatic carbocycles. The van der Waals surface area contributed by atoms with Crippen molar-refractivity contribution in [3.05, 3.63) is 24.0 Å². The normalized spacial score (nSPS) is 22.1. The second-order valence-electron chi connectivity index (χ2n) is 6.52. The molecule has 1 aliphatic rings. The summed E-state index contributed by atoms with van der Waals surface area (Å²) >= 11 is 0. The third-order valence-electron chi connectivity index (χ3n) is 4.71. The fraction of sp³-hybridized carbons (Fsp3) is 0.706. The van der Waals surface area contributed by atoms with Gasteiger partial charge in [-0.3, -0.25) is 4.99 Å². The number of aryl methyl sites for hydroxylation is 1. The Hall–Kier alpha value is -0.720. The zero-order chi connectivity index (χ0) is 15.2. The Labute approximate surface area is 152 Å². The summed E-state index contributed by atoms with van der Waals surface area (Å²) in [5, 5.41) is 3.55. The standard InChI is InChI=1S/C17H30N4.HI/c1-14-7-9-15(10-8-14)12-19-17(18-2)21(4)13-16-6-5-11-20(16)3;/h5-6,11,14-15H,7-10,12-13H2,1-4H3,(H,18,19);1H. The number of aliphatic imine (C=N–C) groups is 1. The third kappa shape index (κ3) is 5.48. The lowest BCUT2D eigenvalue weighted by Gasteiger charge is -2.28. The van der Waals surface area contributed by atoms with Crippen LogP contribution in [0.2, 0.25) is 0 Å². The van der Waals surface area contributed by atoms with Gasteiger partial charge in [0.25, 0.3) is 0 Å². The molecule has 126 valence electrons. The Balaban J connectivity index is 0.00000242. The van der Waals surface area contributed by atoms with Crippen molar-refractivity contribution in [2.24, 2.45) is 23.9 Å². The third-order valence-corrected chi connectivity index (χ3v) is 4.71. The number of nitrogens with zero attached hydrogens (tertiary/aromatic N) is 3. The molecular formula is C17H31IN4. The zero-order valence-electron chi connectivity index (χ0n) is 14.4. The molecule has 0 spiro atoms. The maximum Gasteiger partial charge on any atom is 0.193 e. The quantitative estimate of drug-likeness (QED) is 0.462. The molecule has 0 unspecified atom stereocenters. The summed E-state index contributed by atoms with van der Waals surface area (Å²) in [7, 11) is 6.06. The van der Waals surface area contributed by atoms with E-state index in [1.807, 2.05) is 7.05 Å². The second kappa shape index (κ2) is 9.43. The second-order valence-corrected chi connectivity index (χ2v) is 6.52. The number of nitrogens with one attached hydrogen (secondary N) is 1. The average molecular weight is 418 g/mol. The molecular weight excluding hydrogens is 387 g/mol. The van der Waals surface area contributed by atoms with Crippen molar-refractivity contribution in [3.8, 4) is 0 Å². The van der Waals surface area contributed by atoms with Crippen LogP contribution in [-0.4, -0.2) is 36.1 Å². The van der Waals surface area contributed by atoms with E-state index < -0.39 is 0 Å². The molecule has 0 atom stereocenters. The highest BCUT2D eigenvalue weighted by molar-refractivity contribution is 14.0. The molecule has 1 aromatic heterocycles. The fourth-order valence-electron chi connectivity index (χ4n) is 3.13. The SMILES string of the molecule is CN=C(NCC1CCC(C)CC1)N(C)Cc1cccn1C.I. The minimum atomic E-state index is 0. The van der Waals surface area contributed by atoms with E-state index in [9.17, 15) is 0 Å². The molecule has 1 fully saturated rings. The largest absolute Gasteiger partial charge is 0.356 e. The number of aromatic nitrogens is 1. The van der Waals surface area contributed by atoms with Gasteiger partial charge in [-0.05, 0) is 36.8 Å². The van der Waals surface area contributed by atoms with Crippen molar-refractivity contribution in [2.45, 2.75) is 39.2 Å². The Kier molecular flexibility index (Phi) is 8.28. The van der Waals surface area contributed by atoms with E-state index in [0.29, 0.717) is 0 Å². The van der Waals surface area contributed by atoms with Crippen LogP contribution >= 0.6 is 24.0 Å². The van der Waals surface area contributed by atoms with Crippen molar-refractivity contribution < 1.29 is 0 Å². The van der Waals surface area contributed by atoms with Gasteiger partial charge in [-0.25, -0.2) is 0 Å². The number of hydrogen-bond acceptors (Lipinski definition) is 1. The van der Waals surface area contributed by atoms with E-state index in [4.69, 9.17) is 0 Å². The van der Waals surface area contributed by atoms with Gasteiger partial charge in [0.2, 0.25) is 0 Å². The van der Waals surface area contributed by atoms with Crippen molar-refractivity contribution in [2.75, 3.05) is 20.6 Å². The summed E-state index contributed by atoms with van der Waals surface area (Å²) in [6.45, 7) is 4.30. The van der Waals surface area contributed by atoms with E-state index in [0.717, 1.165) is 30.9 Å². The molecule has 0 saturated heterocycles. The average Bonchev–Trinajstić information content (AvgIpc) is 2.87. The van der Waals surface area contributed by atoms with Gasteiger partial charge >= 0.3 is 0 Å². The highest BCUT2D eigenvalue weighted by Crippen LogP contribution is 2.27. The van der Waals surface area contributed by atoms with Gasteiger partial charge in [0.05, 0.1) is 6.54 Å². The molecule has 5 heteroatoms. The molecule has 0 radical (unpaired) electrons. The summed E-state index contributed by atoms with van der Waals surface area (Å²) in [5.41, 5.74) is 1.30. The Morgan fingerprint density at radius 2 is 2.05 bits per heavy atom. The molecule has 0 bridgehead atoms. The van der Waals surface area contributed by atoms with Crippen molar-refractivity contribution in [1.82, 2.24) is 14.8 Å². The molecule has 0 aromatic carbocycles. The van der Waals surface area contributed by atoms with E-state index in [-0.39, 0.29) is 24.0 Å². The number of rotatable bonds is 4. The fourth-order valence-corrected chi connectivity index (χ4v) is 3.13. The summed E-state index contributed by atoms with van der Waals surface area (Å²) in [4.78, 5) is 6.61. The van der Waals surface area contributed by atoms with Crippen LogP contribution < -0.4 is 5.32 Å². The number of hydrogen-bond donors (Lipinski definition) is 1. The molecule has 1 aromatic rings. The number of guanidine groups is 1. The lowest BCUT2D eigenvalue weighted by atomic mass is 9.83. The summed E-state index contributed by atoms with van der Waals surface area (Å²) in [6, 6.07) is 4.24. The van der Waals surface area contributed by atoms with Crippen LogP contribution in [0, 0.1) is 11.8 Å². The smallest absolute Gasteiger partial charge is 0.193 e. The van der Waals surface area contributed by atoms with Gasteiger partial charge in [-0.1, -0.05) is 19.8 Å². The Morgan fingerprint density at radius 3 is 2.59 bits per heavy atom. The predicted molar refractivity (Wildman–Crippen MR) is 105 cm³/mol. The van der Waals surface area contributed by atoms with Crippen molar-refractivity contribution in [3.63, 3.8) is 0 Å². The van der Waals surface area contributed by atoms with E-state index in [1.54, 1.807) is 0 Å². The molecule has 1 N–H and O–H groups in total. The Bertz CT molecular complexity index is 461. The summed E-state index contributed by atoms with van der Waals surface area (Å²) < 4.78 is 2.16.